The van der Waals surface area contributed by atoms with E-state index in [4.69, 9.17) is 0 Å². The molecule has 2 rings (SSSR count). The molecule has 0 bridgehead atoms. The average molecular weight is 731 g/mol. The summed E-state index contributed by atoms with van der Waals surface area (Å²) in [4.78, 5) is 27.6. The van der Waals surface area contributed by atoms with Gasteiger partial charge in [-0.25, -0.2) is 9.98 Å². The minimum atomic E-state index is -1.37. The van der Waals surface area contributed by atoms with Gasteiger partial charge in [-0.15, -0.1) is 0 Å². The summed E-state index contributed by atoms with van der Waals surface area (Å²) in [6.45, 7) is 4.58. The Labute approximate surface area is 320 Å². The standard InChI is InChI=1S/2C20H38N2.C4H6O4/c2*1-2-3-4-5-6-7-8-9-10-11-12-13-14-15-16-17-20-21-18-19-22-20;5-3(6)1-2-4(7)8/h2*18-19H,2-17H2,1H3,(H,21,22);1-2H2,(H,5,6)(H,7,8). The molecule has 0 atom stereocenters. The van der Waals surface area contributed by atoms with Gasteiger partial charge in [0, 0.05) is 24.8 Å². The van der Waals surface area contributed by atoms with E-state index in [0.29, 0.717) is 0 Å². The first-order valence-electron chi connectivity index (χ1n) is 22.0. The Morgan fingerprint density at radius 2 is 0.654 bits per heavy atom. The summed E-state index contributed by atoms with van der Waals surface area (Å²) in [6.07, 6.45) is 52.3. The molecular formula is C44H82N4O4. The van der Waals surface area contributed by atoms with Gasteiger partial charge in [-0.05, 0) is 25.7 Å². The molecule has 0 saturated heterocycles. The maximum atomic E-state index is 9.50. The van der Waals surface area contributed by atoms with Crippen LogP contribution in [0, 0.1) is 0 Å². The van der Waals surface area contributed by atoms with Gasteiger partial charge in [-0.1, -0.05) is 194 Å². The highest BCUT2D eigenvalue weighted by atomic mass is 16.4. The zero-order valence-electron chi connectivity index (χ0n) is 34.0. The third-order valence-electron chi connectivity index (χ3n) is 9.84. The lowest BCUT2D eigenvalue weighted by Gasteiger charge is -2.03. The quantitative estimate of drug-likeness (QED) is 0.0631. The van der Waals surface area contributed by atoms with E-state index in [2.05, 4.69) is 34.5 Å². The second-order valence-electron chi connectivity index (χ2n) is 14.9. The molecule has 302 valence electrons. The summed E-state index contributed by atoms with van der Waals surface area (Å²) in [5.74, 6) is -0.187. The van der Waals surface area contributed by atoms with E-state index in [9.17, 15) is 19.8 Å². The van der Waals surface area contributed by atoms with E-state index in [1.165, 1.54) is 217 Å². The van der Waals surface area contributed by atoms with Crippen molar-refractivity contribution in [2.24, 2.45) is 9.98 Å². The van der Waals surface area contributed by atoms with E-state index in [1.807, 2.05) is 24.8 Å². The summed E-state index contributed by atoms with van der Waals surface area (Å²) in [5, 5.41) is 23.3. The number of hydrogen-bond donors (Lipinski definition) is 2. The number of carboxylic acid groups (broad SMARTS) is 2. The number of amidine groups is 2. The zero-order valence-corrected chi connectivity index (χ0v) is 34.0. The third kappa shape index (κ3) is 40.5. The van der Waals surface area contributed by atoms with Gasteiger partial charge in [0.15, 0.2) is 0 Å². The van der Waals surface area contributed by atoms with Crippen LogP contribution >= 0.6 is 0 Å². The first kappa shape index (κ1) is 49.7. The summed E-state index contributed by atoms with van der Waals surface area (Å²) >= 11 is 0. The molecule has 0 aromatic rings. The Morgan fingerprint density at radius 3 is 0.846 bits per heavy atom. The molecule has 8 nitrogen and oxygen atoms in total. The minimum Gasteiger partial charge on any atom is -0.550 e. The number of nitrogens with two attached hydrogens (primary N) is 2. The Morgan fingerprint density at radius 1 is 0.423 bits per heavy atom. The second-order valence-corrected chi connectivity index (χ2v) is 14.9. The van der Waals surface area contributed by atoms with Gasteiger partial charge in [-0.3, -0.25) is 10.6 Å². The van der Waals surface area contributed by atoms with Crippen molar-refractivity contribution < 1.29 is 30.4 Å². The number of nitrogens with zero attached hydrogens (tertiary/aromatic N) is 2. The van der Waals surface area contributed by atoms with E-state index < -0.39 is 24.8 Å². The number of quaternary nitrogens is 2. The number of carbonyl (C=O) groups excluding carboxylic acids is 2. The molecule has 2 aliphatic heterocycles. The van der Waals surface area contributed by atoms with Crippen LogP contribution in [0.15, 0.2) is 34.8 Å². The van der Waals surface area contributed by atoms with Gasteiger partial charge in [-0.2, -0.15) is 0 Å². The Kier molecular flexibility index (Phi) is 39.6. The van der Waals surface area contributed by atoms with Gasteiger partial charge < -0.3 is 19.8 Å². The first-order valence-corrected chi connectivity index (χ1v) is 22.0. The van der Waals surface area contributed by atoms with Crippen LogP contribution in [0.3, 0.4) is 0 Å². The van der Waals surface area contributed by atoms with Crippen molar-refractivity contribution in [2.45, 2.75) is 232 Å². The molecule has 0 aliphatic carbocycles. The number of rotatable bonds is 35. The van der Waals surface area contributed by atoms with E-state index in [1.54, 1.807) is 0 Å². The number of hydrogen-bond acceptors (Lipinski definition) is 6. The number of carboxylic acids is 2. The molecule has 52 heavy (non-hydrogen) atoms. The molecule has 0 spiro atoms. The summed E-state index contributed by atoms with van der Waals surface area (Å²) in [6, 6.07) is 0. The Hall–Kier alpha value is -2.32. The van der Waals surface area contributed by atoms with Crippen molar-refractivity contribution in [3.63, 3.8) is 0 Å². The Balaban J connectivity index is 0.000000829. The van der Waals surface area contributed by atoms with Gasteiger partial charge in [0.1, 0.15) is 12.4 Å². The SMILES string of the molecule is CCCCCCCCCCCCCCCCCC1=NC=C[NH2+]1.CCCCCCCCCCCCCCCCCC1=NC=C[NH2+]1.O=C([O-])CCC(=O)[O-]. The second kappa shape index (κ2) is 41.4. The predicted molar refractivity (Wildman–Crippen MR) is 215 cm³/mol. The van der Waals surface area contributed by atoms with Gasteiger partial charge in [0.2, 0.25) is 11.7 Å². The average Bonchev–Trinajstić information content (AvgIpc) is 3.86. The molecule has 0 saturated carbocycles. The molecule has 0 radical (unpaired) electrons. The van der Waals surface area contributed by atoms with Crippen LogP contribution in [0.25, 0.3) is 0 Å². The van der Waals surface area contributed by atoms with Crippen molar-refractivity contribution in [3.8, 4) is 0 Å². The topological polar surface area (TPSA) is 138 Å². The van der Waals surface area contributed by atoms with Crippen LogP contribution in [-0.2, 0) is 9.59 Å². The predicted octanol–water partition coefficient (Wildman–Crippen LogP) is 8.66. The van der Waals surface area contributed by atoms with E-state index in [0.717, 1.165) is 0 Å². The lowest BCUT2D eigenvalue weighted by molar-refractivity contribution is -0.460. The molecule has 8 heteroatoms. The number of carbonyl (C=O) groups is 2. The fourth-order valence-corrected chi connectivity index (χ4v) is 6.53. The molecule has 2 aliphatic rings. The third-order valence-corrected chi connectivity index (χ3v) is 9.84. The maximum Gasteiger partial charge on any atom is 0.204 e. The Bertz CT molecular complexity index is 857. The fourth-order valence-electron chi connectivity index (χ4n) is 6.53. The molecule has 2 heterocycles. The number of aliphatic imine (C=N–C) groups is 2. The van der Waals surface area contributed by atoms with Crippen LogP contribution in [0.5, 0.6) is 0 Å². The van der Waals surface area contributed by atoms with Crippen LogP contribution < -0.4 is 20.8 Å². The highest BCUT2D eigenvalue weighted by Gasteiger charge is 2.06. The molecule has 0 aromatic carbocycles. The number of unbranched alkanes of at least 4 members (excludes halogenated alkanes) is 28. The highest BCUT2D eigenvalue weighted by molar-refractivity contribution is 5.75. The highest BCUT2D eigenvalue weighted by Crippen LogP contribution is 2.15. The van der Waals surface area contributed by atoms with Crippen LogP contribution in [0.4, 0.5) is 0 Å². The van der Waals surface area contributed by atoms with Gasteiger partial charge in [0.25, 0.3) is 0 Å². The van der Waals surface area contributed by atoms with Crippen LogP contribution in [-0.4, -0.2) is 23.6 Å². The zero-order chi connectivity index (χ0) is 38.0. The smallest absolute Gasteiger partial charge is 0.204 e. The number of aliphatic carboxylic acids is 2. The maximum absolute atomic E-state index is 9.50. The van der Waals surface area contributed by atoms with Crippen molar-refractivity contribution in [1.82, 2.24) is 0 Å². The molecule has 4 N–H and O–H groups in total. The summed E-state index contributed by atoms with van der Waals surface area (Å²) in [5.41, 5.74) is 0. The summed E-state index contributed by atoms with van der Waals surface area (Å²) in [7, 11) is 0. The van der Waals surface area contributed by atoms with E-state index in [-0.39, 0.29) is 0 Å². The lowest BCUT2D eigenvalue weighted by Crippen LogP contribution is -2.80. The molecular weight excluding hydrogens is 649 g/mol. The minimum absolute atomic E-state index is 0.470. The van der Waals surface area contributed by atoms with Crippen molar-refractivity contribution >= 4 is 23.6 Å². The molecule has 0 amide bonds. The summed E-state index contributed by atoms with van der Waals surface area (Å²) < 4.78 is 0. The monoisotopic (exact) mass is 731 g/mol. The van der Waals surface area contributed by atoms with Gasteiger partial charge in [0.05, 0.1) is 12.4 Å². The molecule has 0 unspecified atom stereocenters. The van der Waals surface area contributed by atoms with E-state index >= 15 is 0 Å². The van der Waals surface area contributed by atoms with Crippen molar-refractivity contribution in [3.05, 3.63) is 24.8 Å². The van der Waals surface area contributed by atoms with Crippen LogP contribution in [0.2, 0.25) is 0 Å². The first-order chi connectivity index (χ1) is 25.5. The van der Waals surface area contributed by atoms with Crippen molar-refractivity contribution in [2.75, 3.05) is 0 Å². The molecule has 0 aromatic heterocycles. The van der Waals surface area contributed by atoms with Gasteiger partial charge >= 0.3 is 0 Å². The van der Waals surface area contributed by atoms with Crippen LogP contribution in [0.1, 0.15) is 232 Å². The lowest BCUT2D eigenvalue weighted by atomic mass is 10.0. The fraction of sp³-hybridized carbons (Fsp3) is 0.818. The largest absolute Gasteiger partial charge is 0.550 e. The molecule has 0 fully saturated rings. The normalized spacial score (nSPS) is 13.0. The van der Waals surface area contributed by atoms with Crippen molar-refractivity contribution in [1.29, 1.82) is 0 Å².